The Balaban J connectivity index is 2.06. The van der Waals surface area contributed by atoms with E-state index in [9.17, 15) is 8.78 Å². The molecule has 1 aliphatic carbocycles. The van der Waals surface area contributed by atoms with Crippen LogP contribution in [0.25, 0.3) is 0 Å². The van der Waals surface area contributed by atoms with Gasteiger partial charge in [-0.05, 0) is 37.0 Å². The lowest BCUT2D eigenvalue weighted by atomic mass is 10.2. The lowest BCUT2D eigenvalue weighted by Gasteiger charge is -2.09. The summed E-state index contributed by atoms with van der Waals surface area (Å²) in [7, 11) is 0. The molecule has 0 heterocycles. The van der Waals surface area contributed by atoms with Crippen molar-refractivity contribution in [1.29, 1.82) is 0 Å². The Labute approximate surface area is 87.0 Å². The van der Waals surface area contributed by atoms with Crippen molar-refractivity contribution in [3.05, 3.63) is 23.8 Å². The summed E-state index contributed by atoms with van der Waals surface area (Å²) < 4.78 is 30.4. The van der Waals surface area contributed by atoms with Crippen LogP contribution in [0.4, 0.5) is 14.5 Å². The van der Waals surface area contributed by atoms with E-state index in [1.807, 2.05) is 0 Å². The number of rotatable bonds is 4. The molecule has 82 valence electrons. The van der Waals surface area contributed by atoms with Crippen molar-refractivity contribution in [2.45, 2.75) is 19.3 Å². The molecular formula is C11H13F2NO. The molecule has 2 nitrogen and oxygen atoms in total. The number of halogens is 2. The van der Waals surface area contributed by atoms with Crippen LogP contribution in [-0.2, 0) is 0 Å². The van der Waals surface area contributed by atoms with Gasteiger partial charge in [-0.3, -0.25) is 0 Å². The predicted molar refractivity (Wildman–Crippen MR) is 54.0 cm³/mol. The van der Waals surface area contributed by atoms with Crippen molar-refractivity contribution in [3.8, 4) is 5.75 Å². The topological polar surface area (TPSA) is 35.2 Å². The lowest BCUT2D eigenvalue weighted by Crippen LogP contribution is -2.01. The summed E-state index contributed by atoms with van der Waals surface area (Å²) in [6.07, 6.45) is -0.192. The molecular weight excluding hydrogens is 200 g/mol. The van der Waals surface area contributed by atoms with E-state index < -0.39 is 6.43 Å². The summed E-state index contributed by atoms with van der Waals surface area (Å²) in [5.74, 6) is 1.09. The second-order valence-electron chi connectivity index (χ2n) is 3.85. The standard InChI is InChI=1S/C11H13F2NO/c12-11(13)9-5-8(3-4-10(9)14)15-6-7-1-2-7/h3-5,7,11H,1-2,6,14H2. The van der Waals surface area contributed by atoms with Gasteiger partial charge in [0, 0.05) is 11.3 Å². The molecule has 1 saturated carbocycles. The minimum atomic E-state index is -2.55. The van der Waals surface area contributed by atoms with Crippen molar-refractivity contribution in [3.63, 3.8) is 0 Å². The highest BCUT2D eigenvalue weighted by Crippen LogP contribution is 2.32. The zero-order valence-electron chi connectivity index (χ0n) is 8.25. The number of anilines is 1. The molecule has 0 saturated heterocycles. The Morgan fingerprint density at radius 2 is 2.13 bits per heavy atom. The summed E-state index contributed by atoms with van der Waals surface area (Å²) in [5, 5.41) is 0. The quantitative estimate of drug-likeness (QED) is 0.780. The van der Waals surface area contributed by atoms with Crippen LogP contribution in [0.1, 0.15) is 24.8 Å². The largest absolute Gasteiger partial charge is 0.493 e. The summed E-state index contributed by atoms with van der Waals surface area (Å²) in [5.41, 5.74) is 5.39. The molecule has 0 spiro atoms. The minimum Gasteiger partial charge on any atom is -0.493 e. The molecule has 0 aliphatic heterocycles. The van der Waals surface area contributed by atoms with E-state index in [1.165, 1.54) is 25.0 Å². The van der Waals surface area contributed by atoms with E-state index in [4.69, 9.17) is 10.5 Å². The number of ether oxygens (including phenoxy) is 1. The highest BCUT2D eigenvalue weighted by atomic mass is 19.3. The Morgan fingerprint density at radius 3 is 2.73 bits per heavy atom. The summed E-state index contributed by atoms with van der Waals surface area (Å²) >= 11 is 0. The van der Waals surface area contributed by atoms with E-state index in [1.54, 1.807) is 6.07 Å². The maximum absolute atomic E-state index is 12.5. The Kier molecular flexibility index (Phi) is 2.75. The second-order valence-corrected chi connectivity index (χ2v) is 3.85. The summed E-state index contributed by atoms with van der Waals surface area (Å²) in [4.78, 5) is 0. The van der Waals surface area contributed by atoms with Crippen molar-refractivity contribution in [1.82, 2.24) is 0 Å². The smallest absolute Gasteiger partial charge is 0.265 e. The molecule has 1 aromatic carbocycles. The maximum Gasteiger partial charge on any atom is 0.265 e. The molecule has 1 fully saturated rings. The zero-order chi connectivity index (χ0) is 10.8. The van der Waals surface area contributed by atoms with Crippen molar-refractivity contribution in [2.24, 2.45) is 5.92 Å². The average Bonchev–Trinajstić information content (AvgIpc) is 3.00. The Hall–Kier alpha value is -1.32. The fourth-order valence-electron chi connectivity index (χ4n) is 1.33. The van der Waals surface area contributed by atoms with Gasteiger partial charge in [-0.15, -0.1) is 0 Å². The van der Waals surface area contributed by atoms with Gasteiger partial charge >= 0.3 is 0 Å². The molecule has 1 aromatic rings. The SMILES string of the molecule is Nc1ccc(OCC2CC2)cc1C(F)F. The number of hydrogen-bond acceptors (Lipinski definition) is 2. The monoisotopic (exact) mass is 213 g/mol. The molecule has 1 aliphatic rings. The third-order valence-electron chi connectivity index (χ3n) is 2.48. The van der Waals surface area contributed by atoms with Gasteiger partial charge in [0.25, 0.3) is 6.43 Å². The fourth-order valence-corrected chi connectivity index (χ4v) is 1.33. The van der Waals surface area contributed by atoms with E-state index in [-0.39, 0.29) is 11.3 Å². The molecule has 0 radical (unpaired) electrons. The molecule has 0 aromatic heterocycles. The number of alkyl halides is 2. The van der Waals surface area contributed by atoms with Crippen LogP contribution in [0.3, 0.4) is 0 Å². The Bertz CT molecular complexity index is 350. The number of hydrogen-bond donors (Lipinski definition) is 1. The van der Waals surface area contributed by atoms with Crippen LogP contribution < -0.4 is 10.5 Å². The first-order valence-electron chi connectivity index (χ1n) is 4.97. The van der Waals surface area contributed by atoms with Gasteiger partial charge in [0.1, 0.15) is 5.75 Å². The molecule has 0 unspecified atom stereocenters. The lowest BCUT2D eigenvalue weighted by molar-refractivity contribution is 0.151. The highest BCUT2D eigenvalue weighted by Gasteiger charge is 2.22. The van der Waals surface area contributed by atoms with Crippen LogP contribution in [-0.4, -0.2) is 6.61 Å². The molecule has 0 bridgehead atoms. The van der Waals surface area contributed by atoms with Gasteiger partial charge in [0.05, 0.1) is 6.61 Å². The third kappa shape index (κ3) is 2.58. The van der Waals surface area contributed by atoms with Crippen LogP contribution in [0.2, 0.25) is 0 Å². The van der Waals surface area contributed by atoms with Gasteiger partial charge < -0.3 is 10.5 Å². The van der Waals surface area contributed by atoms with Crippen molar-refractivity contribution in [2.75, 3.05) is 12.3 Å². The molecule has 0 amide bonds. The van der Waals surface area contributed by atoms with Crippen molar-refractivity contribution >= 4 is 5.69 Å². The van der Waals surface area contributed by atoms with Gasteiger partial charge in [-0.1, -0.05) is 0 Å². The first-order valence-corrected chi connectivity index (χ1v) is 4.97. The van der Waals surface area contributed by atoms with Crippen LogP contribution >= 0.6 is 0 Å². The predicted octanol–water partition coefficient (Wildman–Crippen LogP) is 3.00. The maximum atomic E-state index is 12.5. The van der Waals surface area contributed by atoms with Crippen LogP contribution in [0.15, 0.2) is 18.2 Å². The number of nitrogens with two attached hydrogens (primary N) is 1. The summed E-state index contributed by atoms with van der Waals surface area (Å²) in [6.45, 7) is 0.618. The van der Waals surface area contributed by atoms with Gasteiger partial charge in [-0.2, -0.15) is 0 Å². The van der Waals surface area contributed by atoms with Crippen LogP contribution in [0.5, 0.6) is 5.75 Å². The zero-order valence-corrected chi connectivity index (χ0v) is 8.25. The molecule has 15 heavy (non-hydrogen) atoms. The average molecular weight is 213 g/mol. The van der Waals surface area contributed by atoms with E-state index in [2.05, 4.69) is 0 Å². The van der Waals surface area contributed by atoms with Crippen LogP contribution in [0, 0.1) is 5.92 Å². The molecule has 2 N–H and O–H groups in total. The number of benzene rings is 1. The minimum absolute atomic E-state index is 0.115. The highest BCUT2D eigenvalue weighted by molar-refractivity contribution is 5.51. The van der Waals surface area contributed by atoms with E-state index in [0.29, 0.717) is 18.3 Å². The first kappa shape index (κ1) is 10.2. The number of nitrogen functional groups attached to an aromatic ring is 1. The Morgan fingerprint density at radius 1 is 1.40 bits per heavy atom. The second kappa shape index (κ2) is 4.04. The van der Waals surface area contributed by atoms with Gasteiger partial charge in [0.15, 0.2) is 0 Å². The molecule has 0 atom stereocenters. The molecule has 2 rings (SSSR count). The third-order valence-corrected chi connectivity index (χ3v) is 2.48. The fraction of sp³-hybridized carbons (Fsp3) is 0.455. The first-order chi connectivity index (χ1) is 7.16. The van der Waals surface area contributed by atoms with Gasteiger partial charge in [-0.25, -0.2) is 8.78 Å². The molecule has 4 heteroatoms. The van der Waals surface area contributed by atoms with Crippen molar-refractivity contribution < 1.29 is 13.5 Å². The van der Waals surface area contributed by atoms with E-state index >= 15 is 0 Å². The van der Waals surface area contributed by atoms with Gasteiger partial charge in [0.2, 0.25) is 0 Å². The van der Waals surface area contributed by atoms with E-state index in [0.717, 1.165) is 0 Å². The summed E-state index contributed by atoms with van der Waals surface area (Å²) in [6, 6.07) is 4.41. The normalized spacial score (nSPS) is 15.7.